The monoisotopic (exact) mass is 271 g/mol. The number of hydrogen-bond donors (Lipinski definition) is 1. The maximum absolute atomic E-state index is 4.54. The van der Waals surface area contributed by atoms with Gasteiger partial charge in [0.1, 0.15) is 0 Å². The van der Waals surface area contributed by atoms with E-state index >= 15 is 0 Å². The number of nitrogens with zero attached hydrogens (tertiary/aromatic N) is 4. The summed E-state index contributed by atoms with van der Waals surface area (Å²) in [6.45, 7) is 3.99. The van der Waals surface area contributed by atoms with E-state index in [1.807, 2.05) is 37.8 Å². The number of nitrogens with one attached hydrogen (secondary N) is 1. The summed E-state index contributed by atoms with van der Waals surface area (Å²) in [7, 11) is 2.02. The number of hydrogen-bond acceptors (Lipinski definition) is 4. The fraction of sp³-hybridized carbons (Fsp3) is 0.533. The van der Waals surface area contributed by atoms with Gasteiger partial charge in [-0.3, -0.25) is 0 Å². The van der Waals surface area contributed by atoms with Crippen molar-refractivity contribution in [2.45, 2.75) is 45.6 Å². The summed E-state index contributed by atoms with van der Waals surface area (Å²) in [5.41, 5.74) is 4.52. The van der Waals surface area contributed by atoms with E-state index < -0.39 is 0 Å². The first kappa shape index (κ1) is 13.2. The van der Waals surface area contributed by atoms with Gasteiger partial charge in [-0.2, -0.15) is 5.10 Å². The first-order valence-corrected chi connectivity index (χ1v) is 7.26. The molecule has 0 spiro atoms. The lowest BCUT2D eigenvalue weighted by atomic mass is 10.1. The first-order valence-electron chi connectivity index (χ1n) is 7.26. The highest BCUT2D eigenvalue weighted by molar-refractivity contribution is 5.29. The van der Waals surface area contributed by atoms with Crippen molar-refractivity contribution in [3.63, 3.8) is 0 Å². The molecule has 1 unspecified atom stereocenters. The van der Waals surface area contributed by atoms with Gasteiger partial charge in [0.05, 0.1) is 11.9 Å². The van der Waals surface area contributed by atoms with Gasteiger partial charge in [0.15, 0.2) is 0 Å². The molecule has 2 aromatic heterocycles. The Kier molecular flexibility index (Phi) is 3.53. The third-order valence-electron chi connectivity index (χ3n) is 3.94. The molecule has 0 radical (unpaired) electrons. The fourth-order valence-electron chi connectivity index (χ4n) is 3.00. The summed E-state index contributed by atoms with van der Waals surface area (Å²) in [5, 5.41) is 7.94. The van der Waals surface area contributed by atoms with Crippen LogP contribution < -0.4 is 5.32 Å². The van der Waals surface area contributed by atoms with Crippen LogP contribution in [0.4, 0.5) is 0 Å². The highest BCUT2D eigenvalue weighted by Crippen LogP contribution is 2.29. The normalized spacial score (nSPS) is 18.6. The summed E-state index contributed by atoms with van der Waals surface area (Å²) in [5.74, 6) is 0.695. The molecule has 2 aromatic rings. The van der Waals surface area contributed by atoms with Crippen LogP contribution in [0.1, 0.15) is 47.9 Å². The van der Waals surface area contributed by atoms with Crippen LogP contribution in [0, 0.1) is 13.8 Å². The van der Waals surface area contributed by atoms with Crippen LogP contribution in [0.15, 0.2) is 12.3 Å². The van der Waals surface area contributed by atoms with E-state index in [9.17, 15) is 0 Å². The summed E-state index contributed by atoms with van der Waals surface area (Å²) in [4.78, 5) is 9.07. The summed E-state index contributed by atoms with van der Waals surface area (Å²) < 4.78 is 1.92. The number of aryl methyl sites for hydroxylation is 2. The minimum atomic E-state index is 0.396. The third kappa shape index (κ3) is 2.33. The molecule has 5 nitrogen and oxygen atoms in total. The number of rotatable bonds is 2. The molecule has 0 saturated heterocycles. The molecule has 1 atom stereocenters. The van der Waals surface area contributed by atoms with Crippen LogP contribution in [0.3, 0.4) is 0 Å². The molecule has 20 heavy (non-hydrogen) atoms. The highest BCUT2D eigenvalue weighted by atomic mass is 15.4. The molecule has 0 saturated carbocycles. The molecule has 5 heteroatoms. The Morgan fingerprint density at radius 3 is 2.65 bits per heavy atom. The van der Waals surface area contributed by atoms with Gasteiger partial charge in [0.25, 0.3) is 5.95 Å². The van der Waals surface area contributed by atoms with Crippen molar-refractivity contribution < 1.29 is 0 Å². The number of fused-ring (bicyclic) bond motifs is 1. The van der Waals surface area contributed by atoms with Gasteiger partial charge in [-0.25, -0.2) is 14.6 Å². The second kappa shape index (κ2) is 5.32. The lowest BCUT2D eigenvalue weighted by molar-refractivity contribution is 0.532. The van der Waals surface area contributed by atoms with E-state index in [0.717, 1.165) is 17.8 Å². The van der Waals surface area contributed by atoms with Crippen molar-refractivity contribution in [2.75, 3.05) is 7.05 Å². The second-order valence-corrected chi connectivity index (χ2v) is 5.50. The minimum Gasteiger partial charge on any atom is -0.313 e. The Balaban J connectivity index is 2.09. The minimum absolute atomic E-state index is 0.396. The Morgan fingerprint density at radius 1 is 1.20 bits per heavy atom. The van der Waals surface area contributed by atoms with Crippen molar-refractivity contribution >= 4 is 0 Å². The van der Waals surface area contributed by atoms with Gasteiger partial charge in [0.2, 0.25) is 0 Å². The van der Waals surface area contributed by atoms with Crippen molar-refractivity contribution in [3.8, 4) is 5.95 Å². The molecule has 0 amide bonds. The van der Waals surface area contributed by atoms with Gasteiger partial charge < -0.3 is 5.32 Å². The lowest BCUT2D eigenvalue weighted by Crippen LogP contribution is -2.16. The van der Waals surface area contributed by atoms with Crippen LogP contribution >= 0.6 is 0 Å². The molecule has 0 aliphatic heterocycles. The van der Waals surface area contributed by atoms with Crippen molar-refractivity contribution in [2.24, 2.45) is 0 Å². The summed E-state index contributed by atoms with van der Waals surface area (Å²) in [6, 6.07) is 2.38. The van der Waals surface area contributed by atoms with Crippen LogP contribution in [0.2, 0.25) is 0 Å². The van der Waals surface area contributed by atoms with Crippen LogP contribution in [-0.2, 0) is 6.42 Å². The Hall–Kier alpha value is -1.75. The van der Waals surface area contributed by atoms with E-state index in [2.05, 4.69) is 20.4 Å². The predicted molar refractivity (Wildman–Crippen MR) is 78.0 cm³/mol. The summed E-state index contributed by atoms with van der Waals surface area (Å²) >= 11 is 0. The van der Waals surface area contributed by atoms with Gasteiger partial charge in [-0.1, -0.05) is 6.42 Å². The van der Waals surface area contributed by atoms with E-state index in [1.54, 1.807) is 0 Å². The van der Waals surface area contributed by atoms with Crippen molar-refractivity contribution in [1.29, 1.82) is 0 Å². The average molecular weight is 271 g/mol. The van der Waals surface area contributed by atoms with Crippen LogP contribution in [-0.4, -0.2) is 26.8 Å². The smallest absolute Gasteiger partial charge is 0.251 e. The molecule has 1 N–H and O–H groups in total. The molecular formula is C15H21N5. The third-order valence-corrected chi connectivity index (χ3v) is 3.94. The van der Waals surface area contributed by atoms with Gasteiger partial charge in [0, 0.05) is 23.0 Å². The quantitative estimate of drug-likeness (QED) is 0.851. The molecular weight excluding hydrogens is 250 g/mol. The van der Waals surface area contributed by atoms with Crippen LogP contribution in [0.5, 0.6) is 0 Å². The van der Waals surface area contributed by atoms with Gasteiger partial charge in [-0.05, 0) is 46.2 Å². The van der Waals surface area contributed by atoms with Crippen LogP contribution in [0.25, 0.3) is 5.95 Å². The van der Waals surface area contributed by atoms with Crippen molar-refractivity contribution in [3.05, 3.63) is 34.9 Å². The van der Waals surface area contributed by atoms with Gasteiger partial charge in [-0.15, -0.1) is 0 Å². The zero-order valence-electron chi connectivity index (χ0n) is 12.3. The predicted octanol–water partition coefficient (Wildman–Crippen LogP) is 2.27. The fourth-order valence-corrected chi connectivity index (χ4v) is 3.00. The van der Waals surface area contributed by atoms with E-state index in [4.69, 9.17) is 0 Å². The Bertz CT molecular complexity index is 596. The molecule has 0 fully saturated rings. The molecule has 0 aromatic carbocycles. The highest BCUT2D eigenvalue weighted by Gasteiger charge is 2.22. The maximum Gasteiger partial charge on any atom is 0.251 e. The molecule has 1 aliphatic carbocycles. The number of aromatic nitrogens is 4. The lowest BCUT2D eigenvalue weighted by Gasteiger charge is -2.13. The SMILES string of the molecule is CNC1CCCCc2c1cnn2-c1nc(C)cc(C)n1. The molecule has 0 bridgehead atoms. The van der Waals surface area contributed by atoms with E-state index in [0.29, 0.717) is 12.0 Å². The second-order valence-electron chi connectivity index (χ2n) is 5.50. The van der Waals surface area contributed by atoms with Crippen molar-refractivity contribution in [1.82, 2.24) is 25.1 Å². The zero-order valence-corrected chi connectivity index (χ0v) is 12.3. The van der Waals surface area contributed by atoms with E-state index in [1.165, 1.54) is 30.5 Å². The largest absolute Gasteiger partial charge is 0.313 e. The van der Waals surface area contributed by atoms with Gasteiger partial charge >= 0.3 is 0 Å². The molecule has 2 heterocycles. The molecule has 1 aliphatic rings. The molecule has 106 valence electrons. The molecule has 3 rings (SSSR count). The average Bonchev–Trinajstić information content (AvgIpc) is 2.71. The Labute approximate surface area is 119 Å². The Morgan fingerprint density at radius 2 is 1.95 bits per heavy atom. The topological polar surface area (TPSA) is 55.6 Å². The maximum atomic E-state index is 4.54. The standard InChI is InChI=1S/C15H21N5/c1-10-8-11(2)19-15(18-10)20-14-7-5-4-6-13(16-3)12(14)9-17-20/h8-9,13,16H,4-7H2,1-3H3. The van der Waals surface area contributed by atoms with E-state index in [-0.39, 0.29) is 0 Å². The summed E-state index contributed by atoms with van der Waals surface area (Å²) in [6.07, 6.45) is 6.63. The zero-order chi connectivity index (χ0) is 14.1. The first-order chi connectivity index (χ1) is 9.69.